The largest absolute Gasteiger partial charge is 0.481 e. The van der Waals surface area contributed by atoms with Crippen LogP contribution in [0.2, 0.25) is 0 Å². The van der Waals surface area contributed by atoms with Gasteiger partial charge in [-0.3, -0.25) is 4.79 Å². The van der Waals surface area contributed by atoms with Crippen LogP contribution in [0.3, 0.4) is 0 Å². The number of carboxylic acids is 1. The average Bonchev–Trinajstić information content (AvgIpc) is 2.98. The first-order valence-electron chi connectivity index (χ1n) is 6.37. The highest BCUT2D eigenvalue weighted by molar-refractivity contribution is 7.07. The maximum Gasteiger partial charge on any atom is 0.312 e. The highest BCUT2D eigenvalue weighted by Gasteiger charge is 2.19. The summed E-state index contributed by atoms with van der Waals surface area (Å²) in [6.45, 7) is 0.633. The van der Waals surface area contributed by atoms with Crippen LogP contribution in [0, 0.1) is 0 Å². The molecule has 0 saturated heterocycles. The Morgan fingerprint density at radius 1 is 1.15 bits per heavy atom. The van der Waals surface area contributed by atoms with Crippen LogP contribution in [-0.4, -0.2) is 29.3 Å². The Morgan fingerprint density at radius 2 is 1.90 bits per heavy atom. The first-order chi connectivity index (χ1) is 9.68. The van der Waals surface area contributed by atoms with E-state index in [2.05, 4.69) is 5.32 Å². The molecule has 1 aromatic heterocycles. The van der Waals surface area contributed by atoms with E-state index in [0.717, 1.165) is 11.1 Å². The number of carboxylic acid groups (broad SMARTS) is 1. The van der Waals surface area contributed by atoms with Crippen molar-refractivity contribution in [2.75, 3.05) is 13.1 Å². The zero-order chi connectivity index (χ0) is 14.4. The van der Waals surface area contributed by atoms with Gasteiger partial charge in [-0.2, -0.15) is 11.3 Å². The van der Waals surface area contributed by atoms with Gasteiger partial charge in [-0.05, 0) is 28.0 Å². The maximum absolute atomic E-state index is 11.3. The molecule has 2 rings (SSSR count). The first-order valence-corrected chi connectivity index (χ1v) is 7.31. The molecular weight excluding hydrogens is 274 g/mol. The van der Waals surface area contributed by atoms with Crippen LogP contribution in [0.4, 0.5) is 0 Å². The predicted molar refractivity (Wildman–Crippen MR) is 79.0 cm³/mol. The summed E-state index contributed by atoms with van der Waals surface area (Å²) in [5, 5.41) is 26.0. The van der Waals surface area contributed by atoms with Crippen molar-refractivity contribution in [1.29, 1.82) is 0 Å². The average molecular weight is 291 g/mol. The summed E-state index contributed by atoms with van der Waals surface area (Å²) in [4.78, 5) is 11.3. The fourth-order valence-corrected chi connectivity index (χ4v) is 2.69. The van der Waals surface area contributed by atoms with Crippen molar-refractivity contribution in [1.82, 2.24) is 5.32 Å². The second-order valence-electron chi connectivity index (χ2n) is 4.53. The quantitative estimate of drug-likeness (QED) is 0.732. The number of thiophene rings is 1. The van der Waals surface area contributed by atoms with E-state index in [1.807, 2.05) is 35.0 Å². The molecule has 20 heavy (non-hydrogen) atoms. The highest BCUT2D eigenvalue weighted by Crippen LogP contribution is 2.17. The zero-order valence-corrected chi connectivity index (χ0v) is 11.7. The van der Waals surface area contributed by atoms with E-state index < -0.39 is 18.0 Å². The highest BCUT2D eigenvalue weighted by atomic mass is 32.1. The Labute approximate surface area is 121 Å². The normalized spacial score (nSPS) is 13.8. The number of hydrogen-bond acceptors (Lipinski definition) is 4. The molecule has 2 atom stereocenters. The lowest BCUT2D eigenvalue weighted by molar-refractivity contribution is -0.138. The van der Waals surface area contributed by atoms with Crippen molar-refractivity contribution in [3.63, 3.8) is 0 Å². The smallest absolute Gasteiger partial charge is 0.312 e. The summed E-state index contributed by atoms with van der Waals surface area (Å²) in [6, 6.07) is 11.0. The van der Waals surface area contributed by atoms with Gasteiger partial charge in [0.2, 0.25) is 0 Å². The number of hydrogen-bond donors (Lipinski definition) is 3. The lowest BCUT2D eigenvalue weighted by atomic mass is 9.99. The van der Waals surface area contributed by atoms with Crippen molar-refractivity contribution in [2.45, 2.75) is 12.0 Å². The number of aliphatic carboxylic acids is 1. The van der Waals surface area contributed by atoms with Gasteiger partial charge in [0.15, 0.2) is 0 Å². The fourth-order valence-electron chi connectivity index (χ4n) is 1.98. The van der Waals surface area contributed by atoms with E-state index in [0.29, 0.717) is 13.1 Å². The molecule has 106 valence electrons. The molecule has 0 aliphatic carbocycles. The summed E-state index contributed by atoms with van der Waals surface area (Å²) < 4.78 is 0. The molecule has 0 radical (unpaired) electrons. The molecule has 4 nitrogen and oxygen atoms in total. The Kier molecular flexibility index (Phi) is 5.29. The third-order valence-electron chi connectivity index (χ3n) is 3.11. The Hall–Kier alpha value is -1.69. The summed E-state index contributed by atoms with van der Waals surface area (Å²) in [5.74, 6) is -1.47. The number of carbonyl (C=O) groups is 1. The van der Waals surface area contributed by atoms with Crippen molar-refractivity contribution in [2.24, 2.45) is 0 Å². The molecule has 0 spiro atoms. The van der Waals surface area contributed by atoms with Gasteiger partial charge in [-0.15, -0.1) is 0 Å². The minimum absolute atomic E-state index is 0.292. The molecule has 0 aliphatic heterocycles. The van der Waals surface area contributed by atoms with E-state index in [-0.39, 0.29) is 0 Å². The Morgan fingerprint density at radius 3 is 2.50 bits per heavy atom. The molecule has 0 bridgehead atoms. The van der Waals surface area contributed by atoms with Gasteiger partial charge in [0, 0.05) is 13.1 Å². The van der Waals surface area contributed by atoms with Gasteiger partial charge in [0.1, 0.15) is 0 Å². The third-order valence-corrected chi connectivity index (χ3v) is 3.82. The molecule has 1 aromatic carbocycles. The van der Waals surface area contributed by atoms with E-state index in [9.17, 15) is 15.0 Å². The number of aliphatic hydroxyl groups excluding tert-OH is 1. The van der Waals surface area contributed by atoms with Crippen LogP contribution in [0.15, 0.2) is 47.2 Å². The third kappa shape index (κ3) is 3.90. The summed E-state index contributed by atoms with van der Waals surface area (Å²) in [7, 11) is 0. The van der Waals surface area contributed by atoms with Crippen molar-refractivity contribution < 1.29 is 15.0 Å². The summed E-state index contributed by atoms with van der Waals surface area (Å²) in [5.41, 5.74) is 1.62. The maximum atomic E-state index is 11.3. The minimum atomic E-state index is -0.867. The van der Waals surface area contributed by atoms with Crippen LogP contribution in [0.1, 0.15) is 23.1 Å². The van der Waals surface area contributed by atoms with E-state index in [1.165, 1.54) is 11.3 Å². The monoisotopic (exact) mass is 291 g/mol. The predicted octanol–water partition coefficient (Wildman–Crippen LogP) is 2.24. The molecule has 2 unspecified atom stereocenters. The molecule has 0 fully saturated rings. The fraction of sp³-hybridized carbons (Fsp3) is 0.267. The van der Waals surface area contributed by atoms with Crippen molar-refractivity contribution in [3.8, 4) is 0 Å². The van der Waals surface area contributed by atoms with Gasteiger partial charge in [-0.25, -0.2) is 0 Å². The first kappa shape index (κ1) is 14.7. The second kappa shape index (κ2) is 7.19. The Balaban J connectivity index is 1.89. The number of rotatable bonds is 7. The van der Waals surface area contributed by atoms with Crippen LogP contribution < -0.4 is 5.32 Å². The van der Waals surface area contributed by atoms with Crippen LogP contribution in [0.25, 0.3) is 0 Å². The lowest BCUT2D eigenvalue weighted by Crippen LogP contribution is -2.30. The van der Waals surface area contributed by atoms with Crippen LogP contribution >= 0.6 is 11.3 Å². The minimum Gasteiger partial charge on any atom is -0.481 e. The number of benzene rings is 1. The Bertz CT molecular complexity index is 527. The molecule has 0 aliphatic rings. The van der Waals surface area contributed by atoms with Gasteiger partial charge in [0.05, 0.1) is 12.0 Å². The van der Waals surface area contributed by atoms with Gasteiger partial charge in [-0.1, -0.05) is 30.3 Å². The van der Waals surface area contributed by atoms with Crippen molar-refractivity contribution >= 4 is 17.3 Å². The standard InChI is InChI=1S/C15H17NO3S/c17-14(12-6-7-20-10-12)9-16-8-13(15(18)19)11-4-2-1-3-5-11/h1-7,10,13-14,16-17H,8-9H2,(H,18,19). The lowest BCUT2D eigenvalue weighted by Gasteiger charge is -2.15. The SMILES string of the molecule is O=C(O)C(CNCC(O)c1ccsc1)c1ccccc1. The summed E-state index contributed by atoms with van der Waals surface area (Å²) >= 11 is 1.53. The topological polar surface area (TPSA) is 69.6 Å². The molecular formula is C15H17NO3S. The molecule has 3 N–H and O–H groups in total. The van der Waals surface area contributed by atoms with E-state index in [4.69, 9.17) is 0 Å². The molecule has 0 amide bonds. The molecule has 1 heterocycles. The van der Waals surface area contributed by atoms with E-state index >= 15 is 0 Å². The molecule has 5 heteroatoms. The molecule has 0 saturated carbocycles. The second-order valence-corrected chi connectivity index (χ2v) is 5.31. The number of aliphatic hydroxyl groups is 1. The number of nitrogens with one attached hydrogen (secondary N) is 1. The zero-order valence-electron chi connectivity index (χ0n) is 10.9. The van der Waals surface area contributed by atoms with Crippen molar-refractivity contribution in [3.05, 3.63) is 58.3 Å². The van der Waals surface area contributed by atoms with Gasteiger partial charge >= 0.3 is 5.97 Å². The van der Waals surface area contributed by atoms with Gasteiger partial charge in [0.25, 0.3) is 0 Å². The summed E-state index contributed by atoms with van der Waals surface area (Å²) in [6.07, 6.45) is -0.605. The van der Waals surface area contributed by atoms with E-state index in [1.54, 1.807) is 12.1 Å². The van der Waals surface area contributed by atoms with Gasteiger partial charge < -0.3 is 15.5 Å². The molecule has 2 aromatic rings. The van der Waals surface area contributed by atoms with Crippen LogP contribution in [-0.2, 0) is 4.79 Å². The van der Waals surface area contributed by atoms with Crippen LogP contribution in [0.5, 0.6) is 0 Å².